The highest BCUT2D eigenvalue weighted by molar-refractivity contribution is 7.26. The highest BCUT2D eigenvalue weighted by atomic mass is 32.1. The second-order valence-electron chi connectivity index (χ2n) is 24.8. The molecule has 0 radical (unpaired) electrons. The molecule has 94 heavy (non-hydrogen) atoms. The molecule has 0 N–H and O–H groups in total. The number of nitrogens with zero attached hydrogens (tertiary/aromatic N) is 4. The maximum Gasteiger partial charge on any atom is 0.136 e. The Hall–Kier alpha value is -11.8. The van der Waals surface area contributed by atoms with Gasteiger partial charge in [0.25, 0.3) is 0 Å². The highest BCUT2D eigenvalue weighted by Crippen LogP contribution is 2.56. The van der Waals surface area contributed by atoms with E-state index in [9.17, 15) is 5.26 Å². The molecule has 6 nitrogen and oxygen atoms in total. The largest absolute Gasteiger partial charge is 0.456 e. The summed E-state index contributed by atoms with van der Waals surface area (Å²) in [6, 6.07) is 101. The minimum Gasteiger partial charge on any atom is -0.456 e. The molecule has 8 heterocycles. The van der Waals surface area contributed by atoms with Crippen molar-refractivity contribution in [3.8, 4) is 45.4 Å². The normalized spacial score (nSPS) is 12.5. The lowest BCUT2D eigenvalue weighted by Crippen LogP contribution is -2.14. The number of nitriles is 1. The third-order valence-corrected chi connectivity index (χ3v) is 23.5. The topological polar surface area (TPSA) is 64.9 Å². The molecular formula is C85H44N4O2S3. The third-order valence-electron chi connectivity index (χ3n) is 20.1. The summed E-state index contributed by atoms with van der Waals surface area (Å²) in [6.45, 7) is 0. The van der Waals surface area contributed by atoms with Crippen LogP contribution in [0, 0.1) is 11.3 Å². The average Bonchev–Trinajstić information content (AvgIpc) is 1.40. The van der Waals surface area contributed by atoms with Crippen LogP contribution in [0.4, 0.5) is 0 Å². The van der Waals surface area contributed by atoms with Crippen LogP contribution in [-0.2, 0) is 0 Å². The van der Waals surface area contributed by atoms with Crippen molar-refractivity contribution in [2.75, 3.05) is 0 Å². The summed E-state index contributed by atoms with van der Waals surface area (Å²) in [4.78, 5) is 0. The summed E-state index contributed by atoms with van der Waals surface area (Å²) in [5, 5.41) is 31.2. The van der Waals surface area contributed by atoms with Gasteiger partial charge in [-0.05, 0) is 108 Å². The van der Waals surface area contributed by atoms with Crippen molar-refractivity contribution in [1.82, 2.24) is 13.7 Å². The first kappa shape index (κ1) is 50.9. The number of furan rings is 2. The fraction of sp³-hybridized carbons (Fsp3) is 0. The maximum absolute atomic E-state index is 13.4. The van der Waals surface area contributed by atoms with E-state index in [4.69, 9.17) is 8.83 Å². The van der Waals surface area contributed by atoms with Crippen LogP contribution in [0.1, 0.15) is 5.56 Å². The first-order chi connectivity index (χ1) is 46.6. The van der Waals surface area contributed by atoms with Crippen molar-refractivity contribution in [3.63, 3.8) is 0 Å². The number of fused-ring (bicyclic) bond motifs is 24. The molecule has 0 aliphatic rings. The van der Waals surface area contributed by atoms with Gasteiger partial charge in [-0.2, -0.15) is 5.26 Å². The Labute approximate surface area is 545 Å². The van der Waals surface area contributed by atoms with E-state index in [-0.39, 0.29) is 0 Å². The fourth-order valence-corrected chi connectivity index (χ4v) is 19.6. The number of para-hydroxylation sites is 5. The van der Waals surface area contributed by atoms with Gasteiger partial charge in [-0.1, -0.05) is 170 Å². The second-order valence-corrected chi connectivity index (χ2v) is 28.0. The van der Waals surface area contributed by atoms with E-state index >= 15 is 0 Å². The fourth-order valence-electron chi connectivity index (χ4n) is 16.2. The highest BCUT2D eigenvalue weighted by Gasteiger charge is 2.36. The van der Waals surface area contributed by atoms with Crippen molar-refractivity contribution < 1.29 is 8.83 Å². The third kappa shape index (κ3) is 6.70. The van der Waals surface area contributed by atoms with E-state index in [0.29, 0.717) is 5.56 Å². The van der Waals surface area contributed by atoms with Crippen LogP contribution < -0.4 is 0 Å². The smallest absolute Gasteiger partial charge is 0.136 e. The van der Waals surface area contributed by atoms with Crippen molar-refractivity contribution in [2.45, 2.75) is 0 Å². The lowest BCUT2D eigenvalue weighted by Gasteiger charge is -2.29. The standard InChI is InChI=1S/C85H44N4O2S3/c86-45-62-81(54-27-17-34-71-79(54)52-25-4-12-32-69(52)90-71)83(87-63-29-9-1-19-46(63)56-39-59-49-22-6-14-36-73(49)92-76(59)42-66(56)87)85(89-65-31-11-3-21-48(65)58-41-61-51-24-8-16-38-75(51)94-78(61)44-68(58)89)84(82(62)55-28-18-35-72-80(55)53-26-5-13-33-70(53)91-72)88-64-30-10-2-20-47(64)57-40-60-50-23-7-15-37-74(50)93-77(60)43-67(57)88/h1-44H. The molecule has 22 aromatic rings. The molecular weight excluding hydrogens is 1210 g/mol. The van der Waals surface area contributed by atoms with E-state index in [1.54, 1.807) is 0 Å². The Kier molecular flexibility index (Phi) is 10.1. The van der Waals surface area contributed by atoms with Crippen LogP contribution in [0.15, 0.2) is 276 Å². The molecule has 0 aliphatic heterocycles. The molecule has 434 valence electrons. The van der Waals surface area contributed by atoms with Crippen LogP contribution in [0.5, 0.6) is 0 Å². The number of hydrogen-bond acceptors (Lipinski definition) is 6. The van der Waals surface area contributed by atoms with Crippen molar-refractivity contribution in [3.05, 3.63) is 272 Å². The zero-order valence-corrected chi connectivity index (χ0v) is 52.2. The molecule has 0 atom stereocenters. The minimum absolute atomic E-state index is 0.514. The van der Waals surface area contributed by atoms with Crippen LogP contribution in [0.2, 0.25) is 0 Å². The van der Waals surface area contributed by atoms with Gasteiger partial charge in [0.15, 0.2) is 0 Å². The van der Waals surface area contributed by atoms with Gasteiger partial charge in [0.1, 0.15) is 28.4 Å². The Morgan fingerprint density at radius 1 is 0.255 bits per heavy atom. The monoisotopic (exact) mass is 1250 g/mol. The summed E-state index contributed by atoms with van der Waals surface area (Å²) in [5.74, 6) is 0. The van der Waals surface area contributed by atoms with Crippen molar-refractivity contribution in [2.24, 2.45) is 0 Å². The molecule has 0 saturated heterocycles. The van der Waals surface area contributed by atoms with Crippen LogP contribution in [0.3, 0.4) is 0 Å². The quantitative estimate of drug-likeness (QED) is 0.172. The van der Waals surface area contributed by atoms with Crippen LogP contribution in [0.25, 0.3) is 209 Å². The Balaban J connectivity index is 1.08. The molecule has 0 aliphatic carbocycles. The van der Waals surface area contributed by atoms with Gasteiger partial charge in [0, 0.05) is 126 Å². The molecule has 9 heteroatoms. The van der Waals surface area contributed by atoms with Gasteiger partial charge in [0.2, 0.25) is 0 Å². The number of aromatic nitrogens is 3. The molecule has 14 aromatic carbocycles. The van der Waals surface area contributed by atoms with Gasteiger partial charge in [0.05, 0.1) is 55.7 Å². The van der Waals surface area contributed by atoms with E-state index in [1.165, 1.54) is 60.5 Å². The van der Waals surface area contributed by atoms with E-state index in [0.717, 1.165) is 149 Å². The molecule has 0 saturated carbocycles. The minimum atomic E-state index is 0.514. The molecule has 0 unspecified atom stereocenters. The van der Waals surface area contributed by atoms with E-state index in [2.05, 4.69) is 275 Å². The van der Waals surface area contributed by atoms with E-state index < -0.39 is 0 Å². The van der Waals surface area contributed by atoms with Gasteiger partial charge >= 0.3 is 0 Å². The SMILES string of the molecule is N#Cc1c(-c2cccc3oc4ccccc4c23)c(-n2c3ccccc3c3cc4c(cc32)sc2ccccc24)c(-n2c3ccccc3c3cc4c(cc32)sc2ccccc24)c(-n2c3ccccc3c3cc4c(cc32)sc2ccccc24)c1-c1cccc2oc3ccccc3c12. The number of hydrogen-bond donors (Lipinski definition) is 0. The zero-order chi connectivity index (χ0) is 61.2. The number of thiophene rings is 3. The molecule has 0 spiro atoms. The predicted octanol–water partition coefficient (Wildman–Crippen LogP) is 25.1. The van der Waals surface area contributed by atoms with Gasteiger partial charge in [-0.25, -0.2) is 0 Å². The number of rotatable bonds is 5. The Bertz CT molecular complexity index is 6880. The van der Waals surface area contributed by atoms with Gasteiger partial charge in [-0.15, -0.1) is 34.0 Å². The Morgan fingerprint density at radius 3 is 0.957 bits per heavy atom. The predicted molar refractivity (Wildman–Crippen MR) is 398 cm³/mol. The number of benzene rings is 14. The summed E-state index contributed by atoms with van der Waals surface area (Å²) >= 11 is 5.49. The lowest BCUT2D eigenvalue weighted by molar-refractivity contribution is 0.668. The first-order valence-corrected chi connectivity index (χ1v) is 34.0. The summed E-state index contributed by atoms with van der Waals surface area (Å²) in [6.07, 6.45) is 0. The Morgan fingerprint density at radius 2 is 0.574 bits per heavy atom. The van der Waals surface area contributed by atoms with Crippen molar-refractivity contribution in [1.29, 1.82) is 5.26 Å². The summed E-state index contributed by atoms with van der Waals surface area (Å²) < 4.78 is 28.8. The van der Waals surface area contributed by atoms with E-state index in [1.807, 2.05) is 46.1 Å². The first-order valence-electron chi connectivity index (χ1n) is 31.6. The average molecular weight is 1250 g/mol. The molecule has 0 bridgehead atoms. The maximum atomic E-state index is 13.4. The lowest BCUT2D eigenvalue weighted by atomic mass is 9.84. The molecule has 0 fully saturated rings. The second kappa shape index (κ2) is 18.7. The zero-order valence-electron chi connectivity index (χ0n) is 49.7. The van der Waals surface area contributed by atoms with Crippen LogP contribution in [-0.4, -0.2) is 13.7 Å². The van der Waals surface area contributed by atoms with Gasteiger partial charge in [-0.3, -0.25) is 0 Å². The van der Waals surface area contributed by atoms with Crippen molar-refractivity contribution >= 4 is 204 Å². The summed E-state index contributed by atoms with van der Waals surface area (Å²) in [7, 11) is 0. The summed E-state index contributed by atoms with van der Waals surface area (Å²) in [5.41, 5.74) is 15.6. The molecule has 8 aromatic heterocycles. The van der Waals surface area contributed by atoms with Gasteiger partial charge < -0.3 is 22.5 Å². The molecule has 22 rings (SSSR count). The molecule has 0 amide bonds. The van der Waals surface area contributed by atoms with Crippen LogP contribution >= 0.6 is 34.0 Å².